The van der Waals surface area contributed by atoms with E-state index < -0.39 is 29.6 Å². The lowest BCUT2D eigenvalue weighted by Crippen LogP contribution is -2.55. The van der Waals surface area contributed by atoms with Gasteiger partial charge in [-0.1, -0.05) is 60.7 Å². The number of thiophene rings is 1. The zero-order valence-corrected chi connectivity index (χ0v) is 21.0. The number of benzene rings is 2. The lowest BCUT2D eigenvalue weighted by atomic mass is 9.82. The second-order valence-electron chi connectivity index (χ2n) is 9.36. The fourth-order valence-corrected chi connectivity index (χ4v) is 5.44. The quantitative estimate of drug-likeness (QED) is 0.354. The van der Waals surface area contributed by atoms with Crippen LogP contribution in [0.15, 0.2) is 72.1 Å². The minimum atomic E-state index is -1.83. The van der Waals surface area contributed by atoms with Crippen molar-refractivity contribution in [3.05, 3.63) is 93.7 Å². The first-order valence-electron chi connectivity index (χ1n) is 12.2. The van der Waals surface area contributed by atoms with Crippen molar-refractivity contribution < 1.29 is 19.8 Å². The Kier molecular flexibility index (Phi) is 8.53. The van der Waals surface area contributed by atoms with Crippen LogP contribution in [0, 0.1) is 0 Å². The van der Waals surface area contributed by atoms with Crippen LogP contribution in [-0.2, 0) is 28.0 Å². The zero-order chi connectivity index (χ0) is 25.5. The summed E-state index contributed by atoms with van der Waals surface area (Å²) in [7, 11) is 0. The van der Waals surface area contributed by atoms with Gasteiger partial charge in [-0.2, -0.15) is 0 Å². The van der Waals surface area contributed by atoms with Crippen LogP contribution in [0.1, 0.15) is 34.4 Å². The molecule has 5 N–H and O–H groups in total. The number of hydrogen-bond acceptors (Lipinski definition) is 6. The van der Waals surface area contributed by atoms with Gasteiger partial charge in [0.25, 0.3) is 11.8 Å². The molecule has 1 aliphatic heterocycles. The van der Waals surface area contributed by atoms with Gasteiger partial charge in [-0.3, -0.25) is 9.59 Å². The van der Waals surface area contributed by atoms with Gasteiger partial charge in [-0.15, -0.1) is 11.3 Å². The number of nitrogens with one attached hydrogen (secondary N) is 1. The van der Waals surface area contributed by atoms with Crippen molar-refractivity contribution >= 4 is 23.2 Å². The molecule has 1 aliphatic rings. The average molecular weight is 508 g/mol. The number of carbonyl (C=O) groups excluding carboxylic acids is 2. The maximum Gasteiger partial charge on any atom is 0.254 e. The smallest absolute Gasteiger partial charge is 0.254 e. The van der Waals surface area contributed by atoms with E-state index in [1.165, 1.54) is 16.0 Å². The lowest BCUT2D eigenvalue weighted by molar-refractivity contribution is -0.154. The molecule has 190 valence electrons. The molecule has 0 saturated carbocycles. The number of carbonyl (C=O) groups is 2. The molecule has 2 heterocycles. The molecule has 1 aromatic heterocycles. The highest BCUT2D eigenvalue weighted by Gasteiger charge is 2.38. The second-order valence-corrected chi connectivity index (χ2v) is 10.4. The summed E-state index contributed by atoms with van der Waals surface area (Å²) in [4.78, 5) is 27.7. The number of aliphatic hydroxyl groups excluding tert-OH is 2. The predicted octanol–water partition coefficient (Wildman–Crippen LogP) is 2.20. The first-order chi connectivity index (χ1) is 17.4. The fraction of sp³-hybridized carbons (Fsp3) is 0.357. The largest absolute Gasteiger partial charge is 0.380 e. The number of nitrogens with two attached hydrogens (primary N) is 1. The zero-order valence-electron chi connectivity index (χ0n) is 20.2. The Morgan fingerprint density at radius 1 is 0.972 bits per heavy atom. The van der Waals surface area contributed by atoms with Crippen molar-refractivity contribution in [1.82, 2.24) is 10.2 Å². The van der Waals surface area contributed by atoms with Crippen LogP contribution in [0.3, 0.4) is 0 Å². The first-order valence-corrected chi connectivity index (χ1v) is 13.1. The molecule has 8 heteroatoms. The topological polar surface area (TPSA) is 116 Å². The summed E-state index contributed by atoms with van der Waals surface area (Å²) >= 11 is 1.62. The van der Waals surface area contributed by atoms with E-state index in [-0.39, 0.29) is 0 Å². The van der Waals surface area contributed by atoms with E-state index in [1.807, 2.05) is 48.5 Å². The highest BCUT2D eigenvalue weighted by molar-refractivity contribution is 7.10. The van der Waals surface area contributed by atoms with Crippen LogP contribution in [-0.4, -0.2) is 58.8 Å². The van der Waals surface area contributed by atoms with E-state index in [0.29, 0.717) is 38.9 Å². The number of amides is 2. The molecule has 3 aromatic rings. The molecule has 1 fully saturated rings. The molecule has 0 spiro atoms. The second kappa shape index (κ2) is 11.8. The number of rotatable bonds is 9. The molecule has 0 radical (unpaired) electrons. The Balaban J connectivity index is 1.21. The van der Waals surface area contributed by atoms with Gasteiger partial charge in [0.1, 0.15) is 0 Å². The fourth-order valence-electron chi connectivity index (χ4n) is 4.55. The van der Waals surface area contributed by atoms with Gasteiger partial charge in [0.05, 0.1) is 0 Å². The van der Waals surface area contributed by atoms with Crippen LogP contribution in [0.2, 0.25) is 0 Å². The van der Waals surface area contributed by atoms with E-state index in [1.54, 1.807) is 11.3 Å². The third kappa shape index (κ3) is 6.39. The summed E-state index contributed by atoms with van der Waals surface area (Å²) in [5, 5.41) is 25.4. The molecule has 36 heavy (non-hydrogen) atoms. The van der Waals surface area contributed by atoms with Crippen LogP contribution in [0.5, 0.6) is 0 Å². The minimum Gasteiger partial charge on any atom is -0.380 e. The van der Waals surface area contributed by atoms with E-state index in [2.05, 4.69) is 28.9 Å². The number of nitrogens with zero attached hydrogens (tertiary/aromatic N) is 1. The Morgan fingerprint density at radius 3 is 2.28 bits per heavy atom. The van der Waals surface area contributed by atoms with Crippen molar-refractivity contribution in [3.63, 3.8) is 0 Å². The minimum absolute atomic E-state index is 0.304. The van der Waals surface area contributed by atoms with Crippen LogP contribution in [0.25, 0.3) is 0 Å². The molecular weight excluding hydrogens is 474 g/mol. The third-order valence-electron chi connectivity index (χ3n) is 6.77. The van der Waals surface area contributed by atoms with Crippen LogP contribution >= 0.6 is 11.3 Å². The Morgan fingerprint density at radius 2 is 1.61 bits per heavy atom. The summed E-state index contributed by atoms with van der Waals surface area (Å²) in [6, 6.07) is 22.1. The van der Waals surface area contributed by atoms with Crippen LogP contribution < -0.4 is 11.1 Å². The molecule has 0 aliphatic carbocycles. The van der Waals surface area contributed by atoms with Gasteiger partial charge < -0.3 is 26.2 Å². The van der Waals surface area contributed by atoms with Gasteiger partial charge in [0.2, 0.25) is 0 Å². The molecule has 0 unspecified atom stereocenters. The van der Waals surface area contributed by atoms with E-state index in [4.69, 9.17) is 5.73 Å². The number of hydrogen-bond donors (Lipinski definition) is 4. The third-order valence-corrected chi connectivity index (χ3v) is 7.81. The van der Waals surface area contributed by atoms with Crippen molar-refractivity contribution in [2.75, 3.05) is 19.6 Å². The van der Waals surface area contributed by atoms with E-state index in [0.717, 1.165) is 16.9 Å². The number of aliphatic hydroxyl groups is 2. The van der Waals surface area contributed by atoms with E-state index >= 15 is 0 Å². The Bertz CT molecular complexity index is 1140. The molecule has 2 aromatic carbocycles. The van der Waals surface area contributed by atoms with E-state index in [9.17, 15) is 19.8 Å². The first kappa shape index (κ1) is 26.0. The number of likely N-dealkylation sites (tertiary alicyclic amines) is 1. The van der Waals surface area contributed by atoms with Gasteiger partial charge in [0, 0.05) is 30.1 Å². The normalized spacial score (nSPS) is 16.8. The SMILES string of the molecule is NC1(c2ccccc2)CCN(C(=O)[C@H](O)[C@@H](O)C(=O)NCCc2cc(Cc3ccccc3)cs2)CC1. The monoisotopic (exact) mass is 507 g/mol. The molecule has 4 rings (SSSR count). The average Bonchev–Trinajstić information content (AvgIpc) is 3.35. The molecular formula is C28H33N3O4S. The van der Waals surface area contributed by atoms with Crippen molar-refractivity contribution in [3.8, 4) is 0 Å². The standard InChI is InChI=1S/C28H33N3O4S/c29-28(22-9-5-2-6-10-22)12-15-31(16-13-28)27(35)25(33)24(32)26(34)30-14-11-23-18-21(19-36-23)17-20-7-3-1-4-8-20/h1-10,18-19,24-25,32-33H,11-17,29H2,(H,30,34)/t24-,25-/m1/s1. The molecule has 1 saturated heterocycles. The lowest BCUT2D eigenvalue weighted by Gasteiger charge is -2.40. The summed E-state index contributed by atoms with van der Waals surface area (Å²) < 4.78 is 0. The van der Waals surface area contributed by atoms with Crippen LogP contribution in [0.4, 0.5) is 0 Å². The summed E-state index contributed by atoms with van der Waals surface area (Å²) in [6.07, 6.45) is -1.12. The van der Waals surface area contributed by atoms with Gasteiger partial charge >= 0.3 is 0 Å². The van der Waals surface area contributed by atoms with Gasteiger partial charge in [-0.25, -0.2) is 0 Å². The van der Waals surface area contributed by atoms with Crippen molar-refractivity contribution in [2.45, 2.75) is 43.4 Å². The van der Waals surface area contributed by atoms with Gasteiger partial charge in [0.15, 0.2) is 12.2 Å². The highest BCUT2D eigenvalue weighted by Crippen LogP contribution is 2.30. The Hall–Kier alpha value is -3.04. The molecule has 2 amide bonds. The molecule has 7 nitrogen and oxygen atoms in total. The number of piperidine rings is 1. The maximum atomic E-state index is 12.7. The van der Waals surface area contributed by atoms with Crippen molar-refractivity contribution in [2.24, 2.45) is 5.73 Å². The van der Waals surface area contributed by atoms with Crippen molar-refractivity contribution in [1.29, 1.82) is 0 Å². The van der Waals surface area contributed by atoms with Gasteiger partial charge in [-0.05, 0) is 53.8 Å². The summed E-state index contributed by atoms with van der Waals surface area (Å²) in [6.45, 7) is 0.997. The maximum absolute atomic E-state index is 12.7. The highest BCUT2D eigenvalue weighted by atomic mass is 32.1. The molecule has 2 atom stereocenters. The molecule has 0 bridgehead atoms. The summed E-state index contributed by atoms with van der Waals surface area (Å²) in [5.41, 5.74) is 9.48. The summed E-state index contributed by atoms with van der Waals surface area (Å²) in [5.74, 6) is -1.41. The Labute approximate surface area is 215 Å². The predicted molar refractivity (Wildman–Crippen MR) is 140 cm³/mol.